The molecule has 1 aliphatic carbocycles. The Morgan fingerprint density at radius 1 is 1.00 bits per heavy atom. The van der Waals surface area contributed by atoms with E-state index in [4.69, 9.17) is 13.6 Å². The van der Waals surface area contributed by atoms with Crippen molar-refractivity contribution in [2.24, 2.45) is 0 Å². The highest BCUT2D eigenvalue weighted by Gasteiger charge is 2.62. The van der Waals surface area contributed by atoms with Gasteiger partial charge < -0.3 is 17.8 Å². The molecule has 2 rings (SSSR count). The van der Waals surface area contributed by atoms with Gasteiger partial charge in [-0.1, -0.05) is 41.5 Å². The van der Waals surface area contributed by atoms with Crippen LogP contribution in [0, 0.1) is 0 Å². The number of carbonyl (C=O) groups is 1. The highest BCUT2D eigenvalue weighted by molar-refractivity contribution is 7.87. The third kappa shape index (κ3) is 5.36. The molecule has 0 unspecified atom stereocenters. The van der Waals surface area contributed by atoms with Crippen LogP contribution in [0.25, 0.3) is 0 Å². The monoisotopic (exact) mass is 532 g/mol. The second-order valence-electron chi connectivity index (χ2n) is 11.7. The van der Waals surface area contributed by atoms with Gasteiger partial charge in [-0.3, -0.25) is 0 Å². The summed E-state index contributed by atoms with van der Waals surface area (Å²) < 4.78 is 85.9. The Labute approximate surface area is 196 Å². The molecule has 192 valence electrons. The van der Waals surface area contributed by atoms with Crippen molar-refractivity contribution in [3.05, 3.63) is 11.8 Å². The lowest BCUT2D eigenvalue weighted by molar-refractivity contribution is -0.151. The molecule has 3 atom stereocenters. The Morgan fingerprint density at radius 3 is 1.91 bits per heavy atom. The number of alkyl halides is 3. The average Bonchev–Trinajstić information content (AvgIpc) is 2.79. The molecule has 2 bridgehead atoms. The molecule has 0 spiro atoms. The number of ether oxygens (including phenoxy) is 1. The molecule has 0 saturated carbocycles. The Hall–Kier alpha value is -0.896. The van der Waals surface area contributed by atoms with E-state index in [1.165, 1.54) is 0 Å². The average molecular weight is 533 g/mol. The molecule has 33 heavy (non-hydrogen) atoms. The topological polar surface area (TPSA) is 88.1 Å². The van der Waals surface area contributed by atoms with Crippen LogP contribution in [0.4, 0.5) is 13.2 Å². The Balaban J connectivity index is 2.62. The van der Waals surface area contributed by atoms with E-state index in [0.717, 1.165) is 6.08 Å². The molecule has 0 aromatic rings. The summed E-state index contributed by atoms with van der Waals surface area (Å²) in [7, 11) is -11.3. The number of hydrogen-bond acceptors (Lipinski definition) is 7. The fourth-order valence-electron chi connectivity index (χ4n) is 3.04. The summed E-state index contributed by atoms with van der Waals surface area (Å²) in [6.07, 6.45) is -1.32. The Bertz CT molecular complexity index is 931. The summed E-state index contributed by atoms with van der Waals surface area (Å²) in [6, 6.07) is 0. The molecule has 13 heteroatoms. The van der Waals surface area contributed by atoms with Crippen LogP contribution in [0.3, 0.4) is 0 Å². The van der Waals surface area contributed by atoms with Gasteiger partial charge in [-0.25, -0.2) is 4.79 Å². The molecule has 0 amide bonds. The van der Waals surface area contributed by atoms with Crippen LogP contribution in [0.1, 0.15) is 48.0 Å². The normalized spacial score (nSPS) is 27.3. The summed E-state index contributed by atoms with van der Waals surface area (Å²) in [5, 5.41) is -0.683. The third-order valence-corrected chi connectivity index (χ3v) is 17.0. The minimum Gasteiger partial charge on any atom is -0.457 e. The van der Waals surface area contributed by atoms with E-state index >= 15 is 0 Å². The van der Waals surface area contributed by atoms with Crippen molar-refractivity contribution in [1.29, 1.82) is 0 Å². The third-order valence-electron chi connectivity index (χ3n) is 7.06. The quantitative estimate of drug-likeness (QED) is 0.201. The fraction of sp³-hybridized carbons (Fsp3) is 0.850. The Kier molecular flexibility index (Phi) is 6.93. The van der Waals surface area contributed by atoms with Gasteiger partial charge in [0.1, 0.15) is 12.2 Å². The van der Waals surface area contributed by atoms with E-state index in [-0.39, 0.29) is 16.5 Å². The van der Waals surface area contributed by atoms with Crippen molar-refractivity contribution in [2.45, 2.75) is 108 Å². The summed E-state index contributed by atoms with van der Waals surface area (Å²) in [5.74, 6) is -1.41. The molecule has 0 aromatic carbocycles. The zero-order valence-electron chi connectivity index (χ0n) is 20.8. The lowest BCUT2D eigenvalue weighted by Crippen LogP contribution is -2.54. The number of fused-ring (bicyclic) bond motifs is 2. The highest BCUT2D eigenvalue weighted by Crippen LogP contribution is 2.49. The lowest BCUT2D eigenvalue weighted by Gasteiger charge is -2.44. The van der Waals surface area contributed by atoms with Crippen molar-refractivity contribution in [3.63, 3.8) is 0 Å². The number of halogens is 3. The summed E-state index contributed by atoms with van der Waals surface area (Å²) >= 11 is 0. The van der Waals surface area contributed by atoms with E-state index in [1.54, 1.807) is 0 Å². The summed E-state index contributed by atoms with van der Waals surface area (Å²) in [5.41, 5.74) is -7.39. The molecule has 1 fully saturated rings. The second-order valence-corrected chi connectivity index (χ2v) is 22.7. The minimum atomic E-state index is -6.00. The molecule has 7 nitrogen and oxygen atoms in total. The second kappa shape index (κ2) is 8.07. The van der Waals surface area contributed by atoms with Gasteiger partial charge in [-0.05, 0) is 36.3 Å². The van der Waals surface area contributed by atoms with Crippen molar-refractivity contribution in [2.75, 3.05) is 0 Å². The van der Waals surface area contributed by atoms with E-state index in [0.29, 0.717) is 0 Å². The van der Waals surface area contributed by atoms with Gasteiger partial charge in [0.2, 0.25) is 0 Å². The van der Waals surface area contributed by atoms with Gasteiger partial charge in [-0.15, -0.1) is 0 Å². The molecular formula is C20H35F3O7SSi2. The van der Waals surface area contributed by atoms with Crippen LogP contribution in [-0.4, -0.2) is 54.3 Å². The van der Waals surface area contributed by atoms with Crippen LogP contribution in [0.5, 0.6) is 0 Å². The maximum atomic E-state index is 13.2. The van der Waals surface area contributed by atoms with E-state index in [2.05, 4.69) is 4.18 Å². The van der Waals surface area contributed by atoms with Gasteiger partial charge >= 0.3 is 21.6 Å². The first-order valence-electron chi connectivity index (χ1n) is 10.7. The van der Waals surface area contributed by atoms with Crippen LogP contribution >= 0.6 is 0 Å². The van der Waals surface area contributed by atoms with Gasteiger partial charge in [0.05, 0.1) is 0 Å². The minimum absolute atomic E-state index is 0.00341. The Morgan fingerprint density at radius 2 is 1.48 bits per heavy atom. The maximum Gasteiger partial charge on any atom is 0.534 e. The van der Waals surface area contributed by atoms with E-state index in [1.807, 2.05) is 67.7 Å². The van der Waals surface area contributed by atoms with Gasteiger partial charge in [-0.2, -0.15) is 21.6 Å². The first-order valence-corrected chi connectivity index (χ1v) is 17.9. The lowest BCUT2D eigenvalue weighted by atomic mass is 9.90. The van der Waals surface area contributed by atoms with Crippen LogP contribution in [0.15, 0.2) is 11.8 Å². The van der Waals surface area contributed by atoms with Crippen molar-refractivity contribution in [1.82, 2.24) is 0 Å². The van der Waals surface area contributed by atoms with Gasteiger partial charge in [0.15, 0.2) is 28.0 Å². The smallest absolute Gasteiger partial charge is 0.457 e. The van der Waals surface area contributed by atoms with Crippen molar-refractivity contribution < 1.29 is 44.2 Å². The predicted molar refractivity (Wildman–Crippen MR) is 122 cm³/mol. The molecule has 0 aromatic heterocycles. The SMILES string of the molecule is CC(C)(C)[Si](C)(C)O[C@@H]1C(OS(=O)(=O)C(F)(F)F)=C[C@]2(O[Si](C)(C)C(C)(C)C)C[C@H]1OC2=O. The molecule has 2 aliphatic rings. The van der Waals surface area contributed by atoms with Crippen LogP contribution in [0.2, 0.25) is 36.3 Å². The molecule has 1 aliphatic heterocycles. The summed E-state index contributed by atoms with van der Waals surface area (Å²) in [4.78, 5) is 13.0. The van der Waals surface area contributed by atoms with Crippen LogP contribution < -0.4 is 0 Å². The van der Waals surface area contributed by atoms with Gasteiger partial charge in [0.25, 0.3) is 0 Å². The zero-order valence-corrected chi connectivity index (χ0v) is 23.7. The van der Waals surface area contributed by atoms with Crippen molar-refractivity contribution in [3.8, 4) is 0 Å². The number of carbonyl (C=O) groups excluding carboxylic acids is 1. The molecular weight excluding hydrogens is 497 g/mol. The van der Waals surface area contributed by atoms with E-state index in [9.17, 15) is 26.4 Å². The standard InChI is InChI=1S/C20H35F3O7SSi2/c1-17(2,3)32(7,8)29-15-13-11-19(16(24)27-13,30-33(9,10)18(4,5)6)12-14(15)28-31(25,26)20(21,22)23/h12-13,15H,11H2,1-10H3/t13-,15+,19-/m1/s1. The molecule has 0 N–H and O–H groups in total. The number of rotatable bonds is 6. The summed E-state index contributed by atoms with van der Waals surface area (Å²) in [6.45, 7) is 19.0. The van der Waals surface area contributed by atoms with Crippen molar-refractivity contribution >= 4 is 32.7 Å². The molecule has 1 heterocycles. The number of esters is 1. The maximum absolute atomic E-state index is 13.2. The first kappa shape index (κ1) is 28.3. The molecule has 0 radical (unpaired) electrons. The largest absolute Gasteiger partial charge is 0.534 e. The predicted octanol–water partition coefficient (Wildman–Crippen LogP) is 5.22. The molecule has 1 saturated heterocycles. The number of hydrogen-bond donors (Lipinski definition) is 0. The highest BCUT2D eigenvalue weighted by atomic mass is 32.2. The van der Waals surface area contributed by atoms with Gasteiger partial charge in [0, 0.05) is 12.5 Å². The first-order chi connectivity index (χ1) is 14.4. The van der Waals surface area contributed by atoms with Crippen LogP contribution in [-0.2, 0) is 32.7 Å². The van der Waals surface area contributed by atoms with E-state index < -0.39 is 61.8 Å². The zero-order chi connectivity index (χ0) is 26.1. The fourth-order valence-corrected chi connectivity index (χ4v) is 6.23.